The Morgan fingerprint density at radius 1 is 1.13 bits per heavy atom. The number of nitrogens with zero attached hydrogens (tertiary/aromatic N) is 1. The van der Waals surface area contributed by atoms with E-state index in [0.29, 0.717) is 5.41 Å². The number of hydrogen-bond donors (Lipinski definition) is 0. The topological polar surface area (TPSA) is 3.24 Å². The highest BCUT2D eigenvalue weighted by Gasteiger charge is 2.29. The molecule has 0 amide bonds. The van der Waals surface area contributed by atoms with Crippen molar-refractivity contribution in [1.82, 2.24) is 4.90 Å². The molecule has 0 bridgehead atoms. The molecule has 0 aliphatic carbocycles. The van der Waals surface area contributed by atoms with Gasteiger partial charge in [-0.05, 0) is 51.6 Å². The summed E-state index contributed by atoms with van der Waals surface area (Å²) in [6, 6.07) is 0.742. The molecule has 0 aromatic heterocycles. The fourth-order valence-corrected chi connectivity index (χ4v) is 2.43. The average molecular weight is 213 g/mol. The number of rotatable bonds is 3. The van der Waals surface area contributed by atoms with E-state index in [9.17, 15) is 0 Å². The molecule has 0 atom stereocenters. The first kappa shape index (κ1) is 15.0. The van der Waals surface area contributed by atoms with E-state index in [1.807, 2.05) is 13.8 Å². The average Bonchev–Trinajstić information content (AvgIpc) is 2.21. The van der Waals surface area contributed by atoms with Gasteiger partial charge in [-0.25, -0.2) is 0 Å². The van der Waals surface area contributed by atoms with Crippen LogP contribution in [0.25, 0.3) is 0 Å². The number of hydrogen-bond acceptors (Lipinski definition) is 1. The monoisotopic (exact) mass is 213 g/mol. The molecule has 0 spiro atoms. The van der Waals surface area contributed by atoms with Gasteiger partial charge in [-0.3, -0.25) is 0 Å². The fourth-order valence-electron chi connectivity index (χ4n) is 2.43. The molecule has 1 fully saturated rings. The predicted octanol–water partition coefficient (Wildman–Crippen LogP) is 4.32. The lowest BCUT2D eigenvalue weighted by Crippen LogP contribution is -2.42. The smallest absolute Gasteiger partial charge is 0.00385 e. The van der Waals surface area contributed by atoms with Crippen molar-refractivity contribution in [3.8, 4) is 0 Å². The second-order valence-corrected chi connectivity index (χ2v) is 5.19. The van der Waals surface area contributed by atoms with E-state index in [4.69, 9.17) is 0 Å². The standard InChI is InChI=1S/C12H25N.C2H6/c1-5-6-12(4)7-9-13(10-8-12)11(2)3;1-2/h11H,5-10H2,1-4H3;1-2H3. The minimum atomic E-state index is 0.653. The van der Waals surface area contributed by atoms with Crippen molar-refractivity contribution in [2.24, 2.45) is 5.41 Å². The summed E-state index contributed by atoms with van der Waals surface area (Å²) in [7, 11) is 0. The van der Waals surface area contributed by atoms with Gasteiger partial charge in [-0.1, -0.05) is 34.1 Å². The van der Waals surface area contributed by atoms with Crippen molar-refractivity contribution in [2.45, 2.75) is 73.3 Å². The van der Waals surface area contributed by atoms with Crippen LogP contribution in [0.2, 0.25) is 0 Å². The number of piperidine rings is 1. The first-order valence-electron chi connectivity index (χ1n) is 6.81. The largest absolute Gasteiger partial charge is 0.301 e. The van der Waals surface area contributed by atoms with Gasteiger partial charge in [-0.15, -0.1) is 0 Å². The highest BCUT2D eigenvalue weighted by molar-refractivity contribution is 4.83. The molecule has 1 rings (SSSR count). The van der Waals surface area contributed by atoms with E-state index in [-0.39, 0.29) is 0 Å². The van der Waals surface area contributed by atoms with Crippen molar-refractivity contribution in [3.05, 3.63) is 0 Å². The Labute approximate surface area is 97.2 Å². The molecule has 0 aromatic rings. The molecule has 1 heteroatoms. The third kappa shape index (κ3) is 5.01. The maximum absolute atomic E-state index is 2.61. The molecule has 0 N–H and O–H groups in total. The zero-order valence-electron chi connectivity index (χ0n) is 11.8. The molecule has 1 saturated heterocycles. The Hall–Kier alpha value is -0.0400. The van der Waals surface area contributed by atoms with Gasteiger partial charge in [0.2, 0.25) is 0 Å². The lowest BCUT2D eigenvalue weighted by Gasteiger charge is -2.41. The highest BCUT2D eigenvalue weighted by Crippen LogP contribution is 2.35. The van der Waals surface area contributed by atoms with Crippen molar-refractivity contribution >= 4 is 0 Å². The molecule has 1 aliphatic heterocycles. The van der Waals surface area contributed by atoms with E-state index >= 15 is 0 Å². The second kappa shape index (κ2) is 7.27. The first-order valence-corrected chi connectivity index (χ1v) is 6.81. The van der Waals surface area contributed by atoms with Crippen LogP contribution in [-0.2, 0) is 0 Å². The van der Waals surface area contributed by atoms with Crippen LogP contribution in [0.5, 0.6) is 0 Å². The molecular weight excluding hydrogens is 182 g/mol. The minimum Gasteiger partial charge on any atom is -0.301 e. The van der Waals surface area contributed by atoms with Gasteiger partial charge in [0, 0.05) is 6.04 Å². The summed E-state index contributed by atoms with van der Waals surface area (Å²) in [6.45, 7) is 16.0. The van der Waals surface area contributed by atoms with E-state index in [1.165, 1.54) is 38.8 Å². The molecule has 0 unspecified atom stereocenters. The van der Waals surface area contributed by atoms with Gasteiger partial charge >= 0.3 is 0 Å². The maximum Gasteiger partial charge on any atom is 0.00385 e. The Kier molecular flexibility index (Phi) is 7.25. The Balaban J connectivity index is 0.000000921. The summed E-state index contributed by atoms with van der Waals surface area (Å²) in [5, 5.41) is 0. The lowest BCUT2D eigenvalue weighted by molar-refractivity contribution is 0.0883. The maximum atomic E-state index is 2.61. The van der Waals surface area contributed by atoms with Crippen LogP contribution in [0, 0.1) is 5.41 Å². The second-order valence-electron chi connectivity index (χ2n) is 5.19. The van der Waals surface area contributed by atoms with Crippen LogP contribution >= 0.6 is 0 Å². The van der Waals surface area contributed by atoms with Gasteiger partial charge in [0.1, 0.15) is 0 Å². The third-order valence-electron chi connectivity index (χ3n) is 3.59. The van der Waals surface area contributed by atoms with Gasteiger partial charge < -0.3 is 4.90 Å². The normalized spacial score (nSPS) is 21.0. The summed E-state index contributed by atoms with van der Waals surface area (Å²) in [6.07, 6.45) is 5.56. The molecule has 1 heterocycles. The zero-order chi connectivity index (χ0) is 11.9. The molecular formula is C14H31N. The molecule has 0 aromatic carbocycles. The van der Waals surface area contributed by atoms with E-state index in [0.717, 1.165) is 6.04 Å². The fraction of sp³-hybridized carbons (Fsp3) is 1.00. The van der Waals surface area contributed by atoms with E-state index in [1.54, 1.807) is 0 Å². The summed E-state index contributed by atoms with van der Waals surface area (Å²) in [4.78, 5) is 2.61. The van der Waals surface area contributed by atoms with Crippen LogP contribution in [-0.4, -0.2) is 24.0 Å². The molecule has 1 aliphatic rings. The van der Waals surface area contributed by atoms with Gasteiger partial charge in [0.15, 0.2) is 0 Å². The summed E-state index contributed by atoms with van der Waals surface area (Å²) < 4.78 is 0. The molecule has 0 saturated carbocycles. The lowest BCUT2D eigenvalue weighted by atomic mass is 9.77. The van der Waals surface area contributed by atoms with Crippen LogP contribution in [0.4, 0.5) is 0 Å². The third-order valence-corrected chi connectivity index (χ3v) is 3.59. The van der Waals surface area contributed by atoms with Crippen molar-refractivity contribution in [3.63, 3.8) is 0 Å². The quantitative estimate of drug-likeness (QED) is 0.675. The summed E-state index contributed by atoms with van der Waals surface area (Å²) >= 11 is 0. The summed E-state index contributed by atoms with van der Waals surface area (Å²) in [5.41, 5.74) is 0.653. The predicted molar refractivity (Wildman–Crippen MR) is 70.3 cm³/mol. The van der Waals surface area contributed by atoms with Gasteiger partial charge in [-0.2, -0.15) is 0 Å². The Morgan fingerprint density at radius 2 is 1.60 bits per heavy atom. The summed E-state index contributed by atoms with van der Waals surface area (Å²) in [5.74, 6) is 0. The highest BCUT2D eigenvalue weighted by atomic mass is 15.1. The Morgan fingerprint density at radius 3 is 1.93 bits per heavy atom. The zero-order valence-corrected chi connectivity index (χ0v) is 11.8. The van der Waals surface area contributed by atoms with E-state index in [2.05, 4.69) is 32.6 Å². The van der Waals surface area contributed by atoms with Crippen LogP contribution in [0.1, 0.15) is 67.2 Å². The van der Waals surface area contributed by atoms with Crippen LogP contribution in [0.15, 0.2) is 0 Å². The molecule has 15 heavy (non-hydrogen) atoms. The van der Waals surface area contributed by atoms with E-state index < -0.39 is 0 Å². The van der Waals surface area contributed by atoms with Crippen LogP contribution < -0.4 is 0 Å². The first-order chi connectivity index (χ1) is 7.07. The molecule has 1 nitrogen and oxygen atoms in total. The van der Waals surface area contributed by atoms with Gasteiger partial charge in [0.25, 0.3) is 0 Å². The SMILES string of the molecule is CC.CCCC1(C)CCN(C(C)C)CC1. The van der Waals surface area contributed by atoms with Crippen molar-refractivity contribution < 1.29 is 0 Å². The number of likely N-dealkylation sites (tertiary alicyclic amines) is 1. The van der Waals surface area contributed by atoms with Crippen molar-refractivity contribution in [1.29, 1.82) is 0 Å². The minimum absolute atomic E-state index is 0.653. The van der Waals surface area contributed by atoms with Crippen molar-refractivity contribution in [2.75, 3.05) is 13.1 Å². The Bertz CT molecular complexity index is 143. The molecule has 0 radical (unpaired) electrons. The van der Waals surface area contributed by atoms with Crippen LogP contribution in [0.3, 0.4) is 0 Å². The molecule has 92 valence electrons. The van der Waals surface area contributed by atoms with Gasteiger partial charge in [0.05, 0.1) is 0 Å².